The third-order valence-corrected chi connectivity index (χ3v) is 7.21. The second kappa shape index (κ2) is 9.55. The Balaban J connectivity index is 2.07. The molecule has 0 radical (unpaired) electrons. The average molecular weight is 495 g/mol. The summed E-state index contributed by atoms with van der Waals surface area (Å²) in [4.78, 5) is 38.6. The molecule has 14 heteroatoms. The van der Waals surface area contributed by atoms with Crippen LogP contribution in [0.1, 0.15) is 26.7 Å². The quantitative estimate of drug-likeness (QED) is 0.304. The molecule has 0 saturated carbocycles. The van der Waals surface area contributed by atoms with Crippen LogP contribution in [0.2, 0.25) is 0 Å². The molecule has 1 atom stereocenters. The molecule has 0 aromatic heterocycles. The Morgan fingerprint density at radius 3 is 2.24 bits per heavy atom. The number of urea groups is 1. The molecule has 1 saturated heterocycles. The Morgan fingerprint density at radius 2 is 1.79 bits per heavy atom. The monoisotopic (exact) mass is 495 g/mol. The lowest BCUT2D eigenvalue weighted by atomic mass is 10.0. The van der Waals surface area contributed by atoms with Gasteiger partial charge in [0.25, 0.3) is 5.91 Å². The summed E-state index contributed by atoms with van der Waals surface area (Å²) in [6, 6.07) is 2.93. The number of hydrogen-bond donors (Lipinski definition) is 2. The lowest BCUT2D eigenvalue weighted by Crippen LogP contribution is -2.41. The number of sulfone groups is 1. The first kappa shape index (κ1) is 26.4. The molecule has 2 rings (SSSR count). The molecule has 4 amide bonds. The number of nitrogens with one attached hydrogen (secondary N) is 1. The maximum Gasteiger partial charge on any atom is 0.573 e. The Kier molecular flexibility index (Phi) is 7.63. The minimum absolute atomic E-state index is 0.0653. The standard InChI is InChI=1S/C19H24F3N3O7S/c1-18(2)16(27)25(17(28)24(18)3)10-4-5-12(15(26)23-29)11-33(30,31)14-8-6-13(7-9-14)32-19(20,21)22/h6-9,12,29H,4-5,10-11H2,1-3H3,(H,23,26). The Labute approximate surface area is 188 Å². The molecule has 184 valence electrons. The van der Waals surface area contributed by atoms with E-state index in [0.717, 1.165) is 29.2 Å². The smallest absolute Gasteiger partial charge is 0.406 e. The van der Waals surface area contributed by atoms with E-state index in [1.807, 2.05) is 0 Å². The molecule has 2 N–H and O–H groups in total. The van der Waals surface area contributed by atoms with Gasteiger partial charge in [0, 0.05) is 13.6 Å². The summed E-state index contributed by atoms with van der Waals surface area (Å²) in [6.45, 7) is 3.09. The molecule has 33 heavy (non-hydrogen) atoms. The van der Waals surface area contributed by atoms with Crippen molar-refractivity contribution >= 4 is 27.7 Å². The van der Waals surface area contributed by atoms with Crippen LogP contribution in [0, 0.1) is 5.92 Å². The van der Waals surface area contributed by atoms with Crippen LogP contribution in [-0.4, -0.2) is 72.5 Å². The number of amides is 4. The number of imide groups is 1. The van der Waals surface area contributed by atoms with Gasteiger partial charge in [0.1, 0.15) is 11.3 Å². The van der Waals surface area contributed by atoms with Crippen molar-refractivity contribution in [1.82, 2.24) is 15.3 Å². The van der Waals surface area contributed by atoms with E-state index in [1.54, 1.807) is 13.8 Å². The van der Waals surface area contributed by atoms with Gasteiger partial charge < -0.3 is 9.64 Å². The number of carbonyl (C=O) groups excluding carboxylic acids is 3. The topological polar surface area (TPSA) is 133 Å². The molecule has 0 bridgehead atoms. The first-order valence-corrected chi connectivity index (χ1v) is 11.4. The Bertz CT molecular complexity index is 1010. The van der Waals surface area contributed by atoms with Gasteiger partial charge in [0.15, 0.2) is 9.84 Å². The number of ether oxygens (including phenoxy) is 1. The molecule has 1 unspecified atom stereocenters. The van der Waals surface area contributed by atoms with E-state index < -0.39 is 57.0 Å². The number of hydroxylamine groups is 1. The van der Waals surface area contributed by atoms with Gasteiger partial charge in [-0.3, -0.25) is 19.7 Å². The first-order chi connectivity index (χ1) is 15.1. The van der Waals surface area contributed by atoms with Crippen LogP contribution < -0.4 is 10.2 Å². The summed E-state index contributed by atoms with van der Waals surface area (Å²) in [5.74, 6) is -4.05. The van der Waals surface area contributed by atoms with Crippen molar-refractivity contribution in [3.8, 4) is 5.75 Å². The third kappa shape index (κ3) is 6.13. The van der Waals surface area contributed by atoms with Crippen molar-refractivity contribution in [1.29, 1.82) is 0 Å². The van der Waals surface area contributed by atoms with E-state index in [1.165, 1.54) is 17.4 Å². The second-order valence-corrected chi connectivity index (χ2v) is 10.0. The predicted octanol–water partition coefficient (Wildman–Crippen LogP) is 1.93. The van der Waals surface area contributed by atoms with Crippen molar-refractivity contribution in [2.75, 3.05) is 19.3 Å². The Morgan fingerprint density at radius 1 is 1.21 bits per heavy atom. The van der Waals surface area contributed by atoms with E-state index >= 15 is 0 Å². The van der Waals surface area contributed by atoms with Crippen LogP contribution in [0.4, 0.5) is 18.0 Å². The fraction of sp³-hybridized carbons (Fsp3) is 0.526. The number of halogens is 3. The van der Waals surface area contributed by atoms with Crippen molar-refractivity contribution in [3.05, 3.63) is 24.3 Å². The summed E-state index contributed by atoms with van der Waals surface area (Å²) < 4.78 is 65.8. The first-order valence-electron chi connectivity index (χ1n) is 9.72. The second-order valence-electron chi connectivity index (χ2n) is 7.97. The number of nitrogens with zero attached hydrogens (tertiary/aromatic N) is 2. The number of benzene rings is 1. The molecule has 1 aliphatic heterocycles. The van der Waals surface area contributed by atoms with Gasteiger partial charge in [0.05, 0.1) is 16.6 Å². The number of carbonyl (C=O) groups is 3. The predicted molar refractivity (Wildman–Crippen MR) is 107 cm³/mol. The maximum absolute atomic E-state index is 12.7. The van der Waals surface area contributed by atoms with Gasteiger partial charge in [-0.2, -0.15) is 0 Å². The van der Waals surface area contributed by atoms with Gasteiger partial charge in [-0.05, 0) is 51.0 Å². The van der Waals surface area contributed by atoms with Crippen molar-refractivity contribution < 1.29 is 45.9 Å². The average Bonchev–Trinajstić information content (AvgIpc) is 2.86. The van der Waals surface area contributed by atoms with Gasteiger partial charge in [-0.15, -0.1) is 13.2 Å². The van der Waals surface area contributed by atoms with Crippen molar-refractivity contribution in [2.24, 2.45) is 5.92 Å². The number of hydrogen-bond acceptors (Lipinski definition) is 7. The molecule has 0 spiro atoms. The highest BCUT2D eigenvalue weighted by Crippen LogP contribution is 2.27. The zero-order valence-corrected chi connectivity index (χ0v) is 18.9. The van der Waals surface area contributed by atoms with Gasteiger partial charge in [-0.1, -0.05) is 0 Å². The van der Waals surface area contributed by atoms with Crippen LogP contribution in [0.3, 0.4) is 0 Å². The van der Waals surface area contributed by atoms with E-state index in [-0.39, 0.29) is 24.3 Å². The highest BCUT2D eigenvalue weighted by molar-refractivity contribution is 7.91. The number of rotatable bonds is 9. The lowest BCUT2D eigenvalue weighted by Gasteiger charge is -2.22. The summed E-state index contributed by atoms with van der Waals surface area (Å²) >= 11 is 0. The van der Waals surface area contributed by atoms with Crippen LogP contribution in [0.5, 0.6) is 5.75 Å². The normalized spacial score (nSPS) is 17.3. The lowest BCUT2D eigenvalue weighted by molar-refractivity contribution is -0.274. The summed E-state index contributed by atoms with van der Waals surface area (Å²) in [5.41, 5.74) is 0.349. The molecule has 1 fully saturated rings. The molecule has 1 aliphatic rings. The SMILES string of the molecule is CN1C(=O)N(CCCC(CS(=O)(=O)c2ccc(OC(F)(F)F)cc2)C(=O)NO)C(=O)C1(C)C. The summed E-state index contributed by atoms with van der Waals surface area (Å²) in [7, 11) is -2.67. The largest absolute Gasteiger partial charge is 0.573 e. The fourth-order valence-corrected chi connectivity index (χ4v) is 4.86. The minimum atomic E-state index is -4.94. The van der Waals surface area contributed by atoms with E-state index in [9.17, 15) is 36.0 Å². The molecule has 1 heterocycles. The highest BCUT2D eigenvalue weighted by Gasteiger charge is 2.48. The zero-order valence-electron chi connectivity index (χ0n) is 18.0. The van der Waals surface area contributed by atoms with Gasteiger partial charge in [-0.25, -0.2) is 18.7 Å². The summed E-state index contributed by atoms with van der Waals surface area (Å²) in [5, 5.41) is 8.97. The zero-order chi connectivity index (χ0) is 25.2. The molecule has 0 aliphatic carbocycles. The molecule has 1 aromatic carbocycles. The van der Waals surface area contributed by atoms with E-state index in [2.05, 4.69) is 4.74 Å². The van der Waals surface area contributed by atoms with E-state index in [4.69, 9.17) is 5.21 Å². The maximum atomic E-state index is 12.7. The number of alkyl halides is 3. The van der Waals surface area contributed by atoms with Gasteiger partial charge >= 0.3 is 12.4 Å². The van der Waals surface area contributed by atoms with Crippen LogP contribution in [0.25, 0.3) is 0 Å². The molecule has 1 aromatic rings. The van der Waals surface area contributed by atoms with Crippen LogP contribution in [-0.2, 0) is 19.4 Å². The summed E-state index contributed by atoms with van der Waals surface area (Å²) in [6.07, 6.45) is -4.96. The van der Waals surface area contributed by atoms with Crippen LogP contribution in [0.15, 0.2) is 29.2 Å². The van der Waals surface area contributed by atoms with Crippen molar-refractivity contribution in [2.45, 2.75) is 43.5 Å². The highest BCUT2D eigenvalue weighted by atomic mass is 32.2. The van der Waals surface area contributed by atoms with Gasteiger partial charge in [0.2, 0.25) is 5.91 Å². The van der Waals surface area contributed by atoms with Crippen LogP contribution >= 0.6 is 0 Å². The Hall–Kier alpha value is -2.87. The van der Waals surface area contributed by atoms with Crippen molar-refractivity contribution in [3.63, 3.8) is 0 Å². The molecule has 10 nitrogen and oxygen atoms in total. The third-order valence-electron chi connectivity index (χ3n) is 5.38. The minimum Gasteiger partial charge on any atom is -0.406 e. The fourth-order valence-electron chi connectivity index (χ4n) is 3.26. The van der Waals surface area contributed by atoms with E-state index in [0.29, 0.717) is 0 Å². The number of likely N-dealkylation sites (N-methyl/N-ethyl adjacent to an activating group) is 1. The molecular weight excluding hydrogens is 471 g/mol. The molecular formula is C19H24F3N3O7S.